The van der Waals surface area contributed by atoms with Crippen LogP contribution in [0.1, 0.15) is 37.7 Å². The van der Waals surface area contributed by atoms with Gasteiger partial charge in [-0.15, -0.1) is 0 Å². The van der Waals surface area contributed by atoms with Crippen LogP contribution in [-0.4, -0.2) is 26.7 Å². The summed E-state index contributed by atoms with van der Waals surface area (Å²) >= 11 is 0. The zero-order valence-corrected chi connectivity index (χ0v) is 22.0. The summed E-state index contributed by atoms with van der Waals surface area (Å²) in [6.45, 7) is 0.886. The third-order valence-corrected chi connectivity index (χ3v) is 7.93. The lowest BCUT2D eigenvalue weighted by atomic mass is 9.91. The van der Waals surface area contributed by atoms with Crippen LogP contribution in [0.2, 0.25) is 0 Å². The molecule has 7 nitrogen and oxygen atoms in total. The molecule has 1 aliphatic carbocycles. The Balaban J connectivity index is 1.28. The first-order valence-corrected chi connectivity index (χ1v) is 13.9. The number of H-pyrrole nitrogens is 1. The summed E-state index contributed by atoms with van der Waals surface area (Å²) in [5, 5.41) is 19.4. The van der Waals surface area contributed by atoms with Crippen LogP contribution >= 0.6 is 0 Å². The van der Waals surface area contributed by atoms with Gasteiger partial charge in [0.2, 0.25) is 0 Å². The molecule has 6 N–H and O–H groups in total. The summed E-state index contributed by atoms with van der Waals surface area (Å²) in [5.74, 6) is 0.295. The van der Waals surface area contributed by atoms with Gasteiger partial charge < -0.3 is 31.0 Å². The summed E-state index contributed by atoms with van der Waals surface area (Å²) in [5.41, 5.74) is 11.4. The molecule has 0 aliphatic heterocycles. The number of aromatic nitrogens is 2. The number of nitrogens with one attached hydrogen (secondary N) is 3. The van der Waals surface area contributed by atoms with E-state index in [9.17, 15) is 9.90 Å². The number of phenolic OH excluding ortho intramolecular Hbond substituents is 1. The molecule has 1 fully saturated rings. The predicted molar refractivity (Wildman–Crippen MR) is 160 cm³/mol. The van der Waals surface area contributed by atoms with Crippen molar-refractivity contribution in [2.24, 2.45) is 5.73 Å². The normalized spacial score (nSPS) is 17.5. The number of nitrogens with two attached hydrogens (primary N) is 1. The van der Waals surface area contributed by atoms with E-state index in [1.807, 2.05) is 30.3 Å². The lowest BCUT2D eigenvalue weighted by Gasteiger charge is -2.30. The van der Waals surface area contributed by atoms with Crippen molar-refractivity contribution in [2.75, 3.05) is 10.6 Å². The van der Waals surface area contributed by atoms with Gasteiger partial charge in [0.1, 0.15) is 5.75 Å². The first-order valence-electron chi connectivity index (χ1n) is 13.9. The number of fused-ring (bicyclic) bond motifs is 2. The van der Waals surface area contributed by atoms with E-state index in [2.05, 4.69) is 50.6 Å². The Kier molecular flexibility index (Phi) is 6.99. The number of nitrogens with zero attached hydrogens (tertiary/aromatic N) is 1. The van der Waals surface area contributed by atoms with Gasteiger partial charge >= 0.3 is 0 Å². The van der Waals surface area contributed by atoms with Crippen LogP contribution in [0.15, 0.2) is 83.9 Å². The number of hydrogen-bond acceptors (Lipinski definition) is 5. The monoisotopic (exact) mass is 521 g/mol. The molecular weight excluding hydrogens is 486 g/mol. The lowest BCUT2D eigenvalue weighted by molar-refractivity contribution is 0.404. The molecule has 0 radical (unpaired) electrons. The van der Waals surface area contributed by atoms with Crippen molar-refractivity contribution in [3.8, 4) is 5.75 Å². The standard InChI is InChI=1S/C32H35N5O2/c33-26-6-1-2-7-28(26)35-23-19-22-14-16-34-32(39)31(22)29(20-23)36-27-8-3-9-30-25(27)15-18-37(30)17-4-5-21-10-12-24(38)13-11-21/h3,8-16,18-20,26,28,35-36,38H,1-2,4-7,17,33H2,(H,34,39)/t26-,28+/m0/s1. The van der Waals surface area contributed by atoms with Crippen molar-refractivity contribution in [2.45, 2.75) is 57.2 Å². The van der Waals surface area contributed by atoms with Crippen LogP contribution in [0.25, 0.3) is 21.7 Å². The van der Waals surface area contributed by atoms with Crippen LogP contribution in [0, 0.1) is 0 Å². The van der Waals surface area contributed by atoms with Crippen molar-refractivity contribution in [3.05, 3.63) is 95.0 Å². The van der Waals surface area contributed by atoms with Crippen LogP contribution in [0.3, 0.4) is 0 Å². The Bertz CT molecular complexity index is 1650. The van der Waals surface area contributed by atoms with E-state index in [4.69, 9.17) is 5.73 Å². The quantitative estimate of drug-likeness (QED) is 0.166. The second kappa shape index (κ2) is 10.9. The smallest absolute Gasteiger partial charge is 0.257 e. The number of aromatic amines is 1. The molecule has 0 bridgehead atoms. The fourth-order valence-corrected chi connectivity index (χ4v) is 5.85. The van der Waals surface area contributed by atoms with Crippen LogP contribution in [-0.2, 0) is 13.0 Å². The number of benzene rings is 3. The van der Waals surface area contributed by atoms with E-state index in [0.29, 0.717) is 11.1 Å². The molecule has 1 aliphatic rings. The van der Waals surface area contributed by atoms with E-state index in [1.54, 1.807) is 18.3 Å². The van der Waals surface area contributed by atoms with Crippen molar-refractivity contribution in [3.63, 3.8) is 0 Å². The average molecular weight is 522 g/mol. The maximum atomic E-state index is 12.9. The van der Waals surface area contributed by atoms with Crippen molar-refractivity contribution < 1.29 is 5.11 Å². The molecule has 3 aromatic carbocycles. The van der Waals surface area contributed by atoms with E-state index in [0.717, 1.165) is 65.6 Å². The van der Waals surface area contributed by atoms with Crippen molar-refractivity contribution in [1.82, 2.24) is 9.55 Å². The van der Waals surface area contributed by atoms with E-state index in [1.165, 1.54) is 18.4 Å². The summed E-state index contributed by atoms with van der Waals surface area (Å²) in [7, 11) is 0. The summed E-state index contributed by atoms with van der Waals surface area (Å²) in [6.07, 6.45) is 10.2. The number of aromatic hydroxyl groups is 1. The molecule has 0 amide bonds. The minimum absolute atomic E-state index is 0.116. The highest BCUT2D eigenvalue weighted by atomic mass is 16.3. The molecule has 0 spiro atoms. The first-order chi connectivity index (χ1) is 19.0. The van der Waals surface area contributed by atoms with Gasteiger partial charge in [-0.1, -0.05) is 31.0 Å². The average Bonchev–Trinajstić information content (AvgIpc) is 3.35. The Labute approximate surface area is 227 Å². The van der Waals surface area contributed by atoms with Gasteiger partial charge in [0.05, 0.1) is 16.6 Å². The lowest BCUT2D eigenvalue weighted by Crippen LogP contribution is -2.42. The van der Waals surface area contributed by atoms with Crippen molar-refractivity contribution in [1.29, 1.82) is 0 Å². The van der Waals surface area contributed by atoms with Gasteiger partial charge in [-0.2, -0.15) is 0 Å². The number of rotatable bonds is 8. The fraction of sp³-hybridized carbons (Fsp3) is 0.281. The van der Waals surface area contributed by atoms with Gasteiger partial charge in [-0.05, 0) is 85.2 Å². The molecule has 7 heteroatoms. The SMILES string of the molecule is N[C@H]1CCCC[C@H]1Nc1cc(Nc2cccc3c2ccn3CCCc2ccc(O)cc2)c2c(=O)[nH]ccc2c1. The molecule has 5 aromatic rings. The van der Waals surface area contributed by atoms with E-state index >= 15 is 0 Å². The minimum Gasteiger partial charge on any atom is -0.508 e. The molecule has 6 rings (SSSR count). The highest BCUT2D eigenvalue weighted by molar-refractivity contribution is 6.01. The summed E-state index contributed by atoms with van der Waals surface area (Å²) < 4.78 is 2.27. The molecule has 2 aromatic heterocycles. The van der Waals surface area contributed by atoms with Gasteiger partial charge in [0.25, 0.3) is 5.56 Å². The Hall–Kier alpha value is -4.23. The summed E-state index contributed by atoms with van der Waals surface area (Å²) in [6, 6.07) is 22.2. The Morgan fingerprint density at radius 3 is 2.69 bits per heavy atom. The highest BCUT2D eigenvalue weighted by Gasteiger charge is 2.22. The number of phenols is 1. The molecular formula is C32H35N5O2. The number of hydrogen-bond donors (Lipinski definition) is 5. The molecule has 0 unspecified atom stereocenters. The maximum absolute atomic E-state index is 12.9. The third-order valence-electron chi connectivity index (χ3n) is 7.93. The molecule has 200 valence electrons. The molecule has 2 atom stereocenters. The zero-order chi connectivity index (χ0) is 26.8. The number of aryl methyl sites for hydroxylation is 2. The molecule has 39 heavy (non-hydrogen) atoms. The third kappa shape index (κ3) is 5.36. The number of anilines is 3. The Morgan fingerprint density at radius 1 is 1.00 bits per heavy atom. The van der Waals surface area contributed by atoms with E-state index < -0.39 is 0 Å². The number of pyridine rings is 1. The second-order valence-corrected chi connectivity index (χ2v) is 10.6. The molecule has 2 heterocycles. The fourth-order valence-electron chi connectivity index (χ4n) is 5.85. The zero-order valence-electron chi connectivity index (χ0n) is 22.0. The van der Waals surface area contributed by atoms with Crippen LogP contribution in [0.5, 0.6) is 5.75 Å². The highest BCUT2D eigenvalue weighted by Crippen LogP contribution is 2.33. The minimum atomic E-state index is -0.116. The van der Waals surface area contributed by atoms with Crippen LogP contribution in [0.4, 0.5) is 17.1 Å². The van der Waals surface area contributed by atoms with E-state index in [-0.39, 0.29) is 17.6 Å². The maximum Gasteiger partial charge on any atom is 0.257 e. The summed E-state index contributed by atoms with van der Waals surface area (Å²) in [4.78, 5) is 15.7. The van der Waals surface area contributed by atoms with Gasteiger partial charge in [-0.25, -0.2) is 0 Å². The van der Waals surface area contributed by atoms with Gasteiger partial charge in [-0.3, -0.25) is 4.79 Å². The first kappa shape index (κ1) is 25.1. The van der Waals surface area contributed by atoms with Crippen molar-refractivity contribution >= 4 is 38.7 Å². The second-order valence-electron chi connectivity index (χ2n) is 10.6. The van der Waals surface area contributed by atoms with Crippen LogP contribution < -0.4 is 21.9 Å². The molecule has 0 saturated heterocycles. The van der Waals surface area contributed by atoms with Gasteiger partial charge in [0.15, 0.2) is 0 Å². The topological polar surface area (TPSA) is 108 Å². The molecule has 1 saturated carbocycles. The Morgan fingerprint density at radius 2 is 1.85 bits per heavy atom. The predicted octanol–water partition coefficient (Wildman–Crippen LogP) is 6.25. The van der Waals surface area contributed by atoms with Gasteiger partial charge in [0, 0.05) is 47.8 Å². The largest absolute Gasteiger partial charge is 0.508 e.